The summed E-state index contributed by atoms with van der Waals surface area (Å²) in [6.45, 7) is 4.22. The number of rotatable bonds is 3. The van der Waals surface area contributed by atoms with Gasteiger partial charge in [0.2, 0.25) is 0 Å². The highest BCUT2D eigenvalue weighted by Crippen LogP contribution is 2.42. The summed E-state index contributed by atoms with van der Waals surface area (Å²) in [5.74, 6) is 0.559. The van der Waals surface area contributed by atoms with E-state index in [9.17, 15) is 4.79 Å². The molecule has 0 saturated heterocycles. The molecule has 3 N–H and O–H groups in total. The van der Waals surface area contributed by atoms with Crippen LogP contribution in [0.15, 0.2) is 24.7 Å². The van der Waals surface area contributed by atoms with Gasteiger partial charge in [0.1, 0.15) is 29.3 Å². The number of fused-ring (bicyclic) bond motifs is 8. The highest BCUT2D eigenvalue weighted by molar-refractivity contribution is 6.33. The molecule has 0 radical (unpaired) electrons. The molecule has 3 aromatic heterocycles. The third-order valence-electron chi connectivity index (χ3n) is 5.97. The molecule has 1 amide bonds. The number of nitrogens with zero attached hydrogens (tertiary/aromatic N) is 4. The number of benzene rings is 2. The number of nitrogens with one attached hydrogen (secondary N) is 1. The molecule has 5 rings (SSSR count). The van der Waals surface area contributed by atoms with E-state index in [4.69, 9.17) is 12.2 Å². The zero-order chi connectivity index (χ0) is 24.3. The second-order valence-electron chi connectivity index (χ2n) is 8.58. The molecule has 0 aliphatic heterocycles. The van der Waals surface area contributed by atoms with E-state index >= 15 is 8.78 Å². The monoisotopic (exact) mass is 458 g/mol. The summed E-state index contributed by atoms with van der Waals surface area (Å²) in [4.78, 5) is 25.3. The van der Waals surface area contributed by atoms with Gasteiger partial charge in [0.25, 0.3) is 5.91 Å². The lowest BCUT2D eigenvalue weighted by molar-refractivity contribution is 0.0945. The van der Waals surface area contributed by atoms with Crippen LogP contribution in [0.5, 0.6) is 0 Å². The Morgan fingerprint density at radius 2 is 1.88 bits per heavy atom. The number of carbonyl (C=O) groups is 1. The molecule has 0 spiro atoms. The number of hydrogen-bond donors (Lipinski definition) is 2. The zero-order valence-electron chi connectivity index (χ0n) is 18.7. The Balaban J connectivity index is 2.02. The first-order valence-corrected chi connectivity index (χ1v) is 10.6. The highest BCUT2D eigenvalue weighted by Gasteiger charge is 2.24. The maximum atomic E-state index is 15.6. The molecule has 170 valence electrons. The smallest absolute Gasteiger partial charge is 0.254 e. The van der Waals surface area contributed by atoms with Gasteiger partial charge in [-0.05, 0) is 34.7 Å². The molecule has 2 aromatic carbocycles. The summed E-state index contributed by atoms with van der Waals surface area (Å²) >= 11 is 0. The van der Waals surface area contributed by atoms with Crippen LogP contribution in [-0.4, -0.2) is 32.0 Å². The van der Waals surface area contributed by atoms with Gasteiger partial charge in [-0.3, -0.25) is 4.79 Å². The number of anilines is 1. The van der Waals surface area contributed by atoms with Crippen molar-refractivity contribution in [2.75, 3.05) is 12.3 Å². The van der Waals surface area contributed by atoms with E-state index in [1.807, 2.05) is 13.8 Å². The number of aryl methyl sites for hydroxylation is 1. The number of nitrogen functional groups attached to an aromatic ring is 1. The van der Waals surface area contributed by atoms with E-state index in [1.54, 1.807) is 11.6 Å². The van der Waals surface area contributed by atoms with E-state index in [-0.39, 0.29) is 28.4 Å². The molecule has 0 atom stereocenters. The van der Waals surface area contributed by atoms with Crippen molar-refractivity contribution in [2.45, 2.75) is 13.8 Å². The molecule has 3 heterocycles. The van der Waals surface area contributed by atoms with E-state index < -0.39 is 17.5 Å². The average molecular weight is 458 g/mol. The molecule has 34 heavy (non-hydrogen) atoms. The van der Waals surface area contributed by atoms with Gasteiger partial charge in [0.15, 0.2) is 5.82 Å². The number of halogens is 2. The van der Waals surface area contributed by atoms with Crippen LogP contribution >= 0.6 is 0 Å². The minimum absolute atomic E-state index is 0.140. The predicted molar refractivity (Wildman–Crippen MR) is 128 cm³/mol. The lowest BCUT2D eigenvalue weighted by atomic mass is 9.95. The Labute approximate surface area is 193 Å². The molecule has 0 bridgehead atoms. The molecule has 0 aliphatic carbocycles. The van der Waals surface area contributed by atoms with Crippen LogP contribution < -0.4 is 11.1 Å². The van der Waals surface area contributed by atoms with Crippen molar-refractivity contribution in [3.63, 3.8) is 0 Å². The summed E-state index contributed by atoms with van der Waals surface area (Å²) in [5, 5.41) is 5.00. The number of aromatic nitrogens is 4. The maximum absolute atomic E-state index is 15.6. The highest BCUT2D eigenvalue weighted by atomic mass is 19.1. The molecule has 0 aliphatic rings. The standard InChI is InChI=1S/C25H20F2N6O/c1-5-17-21(27)18-12-6-14(25(34)30-8-11(2)3)16(26)7-13(12)19-20-23(28)31-10-32-24(20)33(4)22(19)15(18)9-29-17/h1,6-7,9-11H,8H2,2-4H3,(H,30,34)(H2,28,31,32). The van der Waals surface area contributed by atoms with Crippen molar-refractivity contribution >= 4 is 55.2 Å². The van der Waals surface area contributed by atoms with Crippen LogP contribution in [-0.2, 0) is 7.05 Å². The number of nitrogens with two attached hydrogens (primary N) is 1. The Kier molecular flexibility index (Phi) is 4.83. The third kappa shape index (κ3) is 2.95. The van der Waals surface area contributed by atoms with Crippen LogP contribution in [0.2, 0.25) is 0 Å². The van der Waals surface area contributed by atoms with Gasteiger partial charge in [-0.1, -0.05) is 13.8 Å². The fourth-order valence-electron chi connectivity index (χ4n) is 4.44. The van der Waals surface area contributed by atoms with Crippen molar-refractivity contribution in [1.29, 1.82) is 0 Å². The lowest BCUT2D eigenvalue weighted by Gasteiger charge is -2.13. The minimum atomic E-state index is -0.742. The largest absolute Gasteiger partial charge is 0.383 e. The topological polar surface area (TPSA) is 98.7 Å². The number of carbonyl (C=O) groups excluding carboxylic acids is 1. The fraction of sp³-hybridized carbons (Fsp3) is 0.200. The van der Waals surface area contributed by atoms with Crippen LogP contribution in [0.4, 0.5) is 14.6 Å². The first-order valence-electron chi connectivity index (χ1n) is 10.6. The Bertz CT molecular complexity index is 1710. The molecular formula is C25H20F2N6O. The number of amides is 1. The van der Waals surface area contributed by atoms with Crippen molar-refractivity contribution in [3.8, 4) is 12.3 Å². The van der Waals surface area contributed by atoms with Crippen molar-refractivity contribution in [1.82, 2.24) is 24.8 Å². The maximum Gasteiger partial charge on any atom is 0.254 e. The van der Waals surface area contributed by atoms with Gasteiger partial charge in [-0.25, -0.2) is 23.7 Å². The Morgan fingerprint density at radius 1 is 1.15 bits per heavy atom. The molecule has 9 heteroatoms. The Hall–Kier alpha value is -4.32. The van der Waals surface area contributed by atoms with E-state index in [2.05, 4.69) is 26.2 Å². The van der Waals surface area contributed by atoms with Gasteiger partial charge >= 0.3 is 0 Å². The minimum Gasteiger partial charge on any atom is -0.383 e. The second kappa shape index (κ2) is 7.63. The van der Waals surface area contributed by atoms with Gasteiger partial charge in [0.05, 0.1) is 16.5 Å². The molecule has 0 saturated carbocycles. The molecule has 5 aromatic rings. The summed E-state index contributed by atoms with van der Waals surface area (Å²) in [6.07, 6.45) is 8.26. The van der Waals surface area contributed by atoms with Crippen LogP contribution in [0.3, 0.4) is 0 Å². The van der Waals surface area contributed by atoms with Crippen LogP contribution in [0, 0.1) is 29.9 Å². The summed E-state index contributed by atoms with van der Waals surface area (Å²) in [5.41, 5.74) is 6.86. The SMILES string of the molecule is C#Cc1ncc2c(c1F)c1cc(C(=O)NCC(C)C)c(F)cc1c1c3c(N)ncnc3n(C)c21. The number of terminal acetylenes is 1. The lowest BCUT2D eigenvalue weighted by Crippen LogP contribution is -2.28. The van der Waals surface area contributed by atoms with E-state index in [0.29, 0.717) is 44.6 Å². The van der Waals surface area contributed by atoms with Gasteiger partial charge in [0, 0.05) is 35.9 Å². The molecule has 7 nitrogen and oxygen atoms in total. The number of pyridine rings is 1. The van der Waals surface area contributed by atoms with E-state index in [0.717, 1.165) is 0 Å². The first-order chi connectivity index (χ1) is 16.2. The van der Waals surface area contributed by atoms with Crippen molar-refractivity contribution in [2.24, 2.45) is 13.0 Å². The molecule has 0 fully saturated rings. The van der Waals surface area contributed by atoms with Crippen LogP contribution in [0.1, 0.15) is 29.9 Å². The van der Waals surface area contributed by atoms with Crippen molar-refractivity contribution in [3.05, 3.63) is 47.5 Å². The molecule has 0 unspecified atom stereocenters. The fourth-order valence-corrected chi connectivity index (χ4v) is 4.44. The second-order valence-corrected chi connectivity index (χ2v) is 8.58. The molecular weight excluding hydrogens is 438 g/mol. The summed E-state index contributed by atoms with van der Waals surface area (Å²) in [7, 11) is 1.75. The summed E-state index contributed by atoms with van der Waals surface area (Å²) < 4.78 is 32.7. The zero-order valence-corrected chi connectivity index (χ0v) is 18.7. The van der Waals surface area contributed by atoms with Gasteiger partial charge < -0.3 is 15.6 Å². The first kappa shape index (κ1) is 21.5. The summed E-state index contributed by atoms with van der Waals surface area (Å²) in [6, 6.07) is 2.58. The normalized spacial score (nSPS) is 11.7. The number of hydrogen-bond acceptors (Lipinski definition) is 5. The van der Waals surface area contributed by atoms with Crippen molar-refractivity contribution < 1.29 is 13.6 Å². The van der Waals surface area contributed by atoms with Gasteiger partial charge in [-0.2, -0.15) is 0 Å². The van der Waals surface area contributed by atoms with E-state index in [1.165, 1.54) is 24.7 Å². The quantitative estimate of drug-likeness (QED) is 0.314. The third-order valence-corrected chi connectivity index (χ3v) is 5.97. The Morgan fingerprint density at radius 3 is 2.59 bits per heavy atom. The van der Waals surface area contributed by atoms with Gasteiger partial charge in [-0.15, -0.1) is 6.42 Å². The predicted octanol–water partition coefficient (Wildman–Crippen LogP) is 4.05. The average Bonchev–Trinajstić information content (AvgIpc) is 3.11. The van der Waals surface area contributed by atoms with Crippen LogP contribution in [0.25, 0.3) is 43.5 Å².